The SMILES string of the molecule is COc1cc(F)ccc1-c1ccc2c(c1COC(=O)c1ccc(Oc3ccccc3)cc1)C(C)=CC(C)(C)N2. The maximum atomic E-state index is 14.0. The lowest BCUT2D eigenvalue weighted by atomic mass is 9.85. The van der Waals surface area contributed by atoms with E-state index in [1.54, 1.807) is 30.3 Å². The molecule has 6 heteroatoms. The molecule has 0 spiro atoms. The molecule has 4 aromatic rings. The molecule has 5 nitrogen and oxygen atoms in total. The van der Waals surface area contributed by atoms with Crippen LogP contribution in [0.25, 0.3) is 16.7 Å². The van der Waals surface area contributed by atoms with Crippen LogP contribution in [0.2, 0.25) is 0 Å². The van der Waals surface area contributed by atoms with Crippen LogP contribution in [-0.4, -0.2) is 18.6 Å². The molecule has 1 heterocycles. The van der Waals surface area contributed by atoms with Crippen LogP contribution in [0.5, 0.6) is 17.2 Å². The van der Waals surface area contributed by atoms with Gasteiger partial charge in [-0.1, -0.05) is 30.3 Å². The van der Waals surface area contributed by atoms with Crippen molar-refractivity contribution in [3.63, 3.8) is 0 Å². The first-order valence-corrected chi connectivity index (χ1v) is 12.7. The third-order valence-corrected chi connectivity index (χ3v) is 6.61. The zero-order valence-corrected chi connectivity index (χ0v) is 22.4. The predicted octanol–water partition coefficient (Wildman–Crippen LogP) is 8.26. The van der Waals surface area contributed by atoms with Gasteiger partial charge in [-0.15, -0.1) is 0 Å². The molecule has 0 radical (unpaired) electrons. The van der Waals surface area contributed by atoms with E-state index in [0.29, 0.717) is 28.4 Å². The molecular weight excluding hydrogens is 493 g/mol. The van der Waals surface area contributed by atoms with Gasteiger partial charge in [0.15, 0.2) is 0 Å². The molecule has 0 saturated heterocycles. The van der Waals surface area contributed by atoms with E-state index in [1.807, 2.05) is 49.4 Å². The number of fused-ring (bicyclic) bond motifs is 1. The van der Waals surface area contributed by atoms with Crippen molar-refractivity contribution in [3.8, 4) is 28.4 Å². The Bertz CT molecular complexity index is 1540. The van der Waals surface area contributed by atoms with Gasteiger partial charge in [-0.3, -0.25) is 0 Å². The number of hydrogen-bond acceptors (Lipinski definition) is 5. The molecule has 0 bridgehead atoms. The summed E-state index contributed by atoms with van der Waals surface area (Å²) in [6.45, 7) is 6.26. The Labute approximate surface area is 227 Å². The van der Waals surface area contributed by atoms with Crippen molar-refractivity contribution in [1.29, 1.82) is 0 Å². The molecule has 4 aromatic carbocycles. The summed E-state index contributed by atoms with van der Waals surface area (Å²) in [6.07, 6.45) is 2.15. The highest BCUT2D eigenvalue weighted by atomic mass is 19.1. The van der Waals surface area contributed by atoms with Crippen LogP contribution in [0.3, 0.4) is 0 Å². The Morgan fingerprint density at radius 2 is 1.59 bits per heavy atom. The molecule has 5 rings (SSSR count). The van der Waals surface area contributed by atoms with Crippen molar-refractivity contribution in [2.24, 2.45) is 0 Å². The highest BCUT2D eigenvalue weighted by molar-refractivity contribution is 5.91. The number of methoxy groups -OCH3 is 1. The monoisotopic (exact) mass is 523 g/mol. The van der Waals surface area contributed by atoms with Gasteiger partial charge in [0.2, 0.25) is 0 Å². The minimum atomic E-state index is -0.457. The van der Waals surface area contributed by atoms with Gasteiger partial charge >= 0.3 is 5.97 Å². The van der Waals surface area contributed by atoms with E-state index < -0.39 is 5.97 Å². The van der Waals surface area contributed by atoms with Crippen molar-refractivity contribution in [2.45, 2.75) is 32.9 Å². The number of hydrogen-bond donors (Lipinski definition) is 1. The zero-order chi connectivity index (χ0) is 27.6. The summed E-state index contributed by atoms with van der Waals surface area (Å²) in [5, 5.41) is 3.55. The number of carbonyl (C=O) groups excluding carboxylic acids is 1. The quantitative estimate of drug-likeness (QED) is 0.247. The molecule has 0 saturated carbocycles. The average Bonchev–Trinajstić information content (AvgIpc) is 2.92. The summed E-state index contributed by atoms with van der Waals surface area (Å²) in [4.78, 5) is 13.1. The summed E-state index contributed by atoms with van der Waals surface area (Å²) < 4.78 is 31.2. The number of rotatable bonds is 7. The van der Waals surface area contributed by atoms with Gasteiger partial charge in [-0.05, 0) is 86.5 Å². The van der Waals surface area contributed by atoms with Gasteiger partial charge in [0, 0.05) is 28.4 Å². The Morgan fingerprint density at radius 1 is 0.897 bits per heavy atom. The smallest absolute Gasteiger partial charge is 0.338 e. The second-order valence-corrected chi connectivity index (χ2v) is 10.0. The van der Waals surface area contributed by atoms with Gasteiger partial charge in [-0.2, -0.15) is 0 Å². The molecule has 1 aliphatic heterocycles. The average molecular weight is 524 g/mol. The summed E-state index contributed by atoms with van der Waals surface area (Å²) in [6, 6.07) is 24.7. The van der Waals surface area contributed by atoms with Gasteiger partial charge in [0.05, 0.1) is 18.2 Å². The molecule has 0 atom stereocenters. The van der Waals surface area contributed by atoms with Gasteiger partial charge in [0.1, 0.15) is 29.7 Å². The lowest BCUT2D eigenvalue weighted by Gasteiger charge is -2.33. The van der Waals surface area contributed by atoms with Crippen LogP contribution in [0.1, 0.15) is 42.3 Å². The van der Waals surface area contributed by atoms with Crippen LogP contribution in [0, 0.1) is 5.82 Å². The molecule has 1 aliphatic rings. The third-order valence-electron chi connectivity index (χ3n) is 6.61. The number of benzene rings is 4. The maximum absolute atomic E-state index is 14.0. The van der Waals surface area contributed by atoms with Crippen LogP contribution >= 0.6 is 0 Å². The van der Waals surface area contributed by atoms with Crippen molar-refractivity contribution in [3.05, 3.63) is 114 Å². The van der Waals surface area contributed by atoms with E-state index in [-0.39, 0.29) is 18.0 Å². The lowest BCUT2D eigenvalue weighted by molar-refractivity contribution is 0.0473. The first-order valence-electron chi connectivity index (χ1n) is 12.7. The van der Waals surface area contributed by atoms with Crippen molar-refractivity contribution in [1.82, 2.24) is 0 Å². The summed E-state index contributed by atoms with van der Waals surface area (Å²) in [7, 11) is 1.51. The zero-order valence-electron chi connectivity index (χ0n) is 22.4. The van der Waals surface area contributed by atoms with Crippen molar-refractivity contribution >= 4 is 17.2 Å². The number of ether oxygens (including phenoxy) is 3. The molecule has 1 N–H and O–H groups in total. The number of allylic oxidation sites excluding steroid dienone is 1. The van der Waals surface area contributed by atoms with Crippen LogP contribution in [-0.2, 0) is 11.3 Å². The number of esters is 1. The van der Waals surface area contributed by atoms with Crippen LogP contribution in [0.4, 0.5) is 10.1 Å². The minimum absolute atomic E-state index is 0.0213. The first kappa shape index (κ1) is 26.0. The van der Waals surface area contributed by atoms with Gasteiger partial charge < -0.3 is 19.5 Å². The second kappa shape index (κ2) is 10.7. The third kappa shape index (κ3) is 5.65. The standard InChI is InChI=1S/C33H30FNO4/c1-21-19-33(2,3)35-29-17-16-26(27-15-12-23(34)18-30(27)37-4)28(31(21)29)20-38-32(36)22-10-13-25(14-11-22)39-24-8-6-5-7-9-24/h5-19,35H,20H2,1-4H3. The Kier molecular flexibility index (Phi) is 7.11. The van der Waals surface area contributed by atoms with Crippen molar-refractivity contribution < 1.29 is 23.4 Å². The molecule has 198 valence electrons. The predicted molar refractivity (Wildman–Crippen MR) is 152 cm³/mol. The Morgan fingerprint density at radius 3 is 2.31 bits per heavy atom. The normalized spacial score (nSPS) is 13.5. The minimum Gasteiger partial charge on any atom is -0.496 e. The number of halogens is 1. The molecular formula is C33H30FNO4. The fourth-order valence-corrected chi connectivity index (χ4v) is 4.99. The first-order chi connectivity index (χ1) is 18.7. The number of nitrogens with one attached hydrogen (secondary N) is 1. The summed E-state index contributed by atoms with van der Waals surface area (Å²) >= 11 is 0. The van der Waals surface area contributed by atoms with Gasteiger partial charge in [0.25, 0.3) is 0 Å². The van der Waals surface area contributed by atoms with E-state index in [1.165, 1.54) is 19.2 Å². The van der Waals surface area contributed by atoms with E-state index in [2.05, 4.69) is 25.2 Å². The summed E-state index contributed by atoms with van der Waals surface area (Å²) in [5.41, 5.74) is 5.47. The van der Waals surface area contributed by atoms with Crippen LogP contribution < -0.4 is 14.8 Å². The molecule has 39 heavy (non-hydrogen) atoms. The molecule has 0 amide bonds. The van der Waals surface area contributed by atoms with Crippen LogP contribution in [0.15, 0.2) is 91.0 Å². The topological polar surface area (TPSA) is 56.8 Å². The second-order valence-electron chi connectivity index (χ2n) is 10.0. The van der Waals surface area contributed by atoms with E-state index >= 15 is 0 Å². The fourth-order valence-electron chi connectivity index (χ4n) is 4.99. The molecule has 0 fully saturated rings. The Hall–Kier alpha value is -4.58. The highest BCUT2D eigenvalue weighted by Gasteiger charge is 2.27. The van der Waals surface area contributed by atoms with Crippen molar-refractivity contribution in [2.75, 3.05) is 12.4 Å². The fraction of sp³-hybridized carbons (Fsp3) is 0.182. The number of carbonyl (C=O) groups is 1. The number of para-hydroxylation sites is 1. The summed E-state index contributed by atoms with van der Waals surface area (Å²) in [5.74, 6) is 0.894. The lowest BCUT2D eigenvalue weighted by Crippen LogP contribution is -2.32. The maximum Gasteiger partial charge on any atom is 0.338 e. The molecule has 0 aromatic heterocycles. The van der Waals surface area contributed by atoms with E-state index in [0.717, 1.165) is 28.0 Å². The highest BCUT2D eigenvalue weighted by Crippen LogP contribution is 2.42. The number of anilines is 1. The van der Waals surface area contributed by atoms with Gasteiger partial charge in [-0.25, -0.2) is 9.18 Å². The van der Waals surface area contributed by atoms with E-state index in [9.17, 15) is 9.18 Å². The molecule has 0 aliphatic carbocycles. The van der Waals surface area contributed by atoms with E-state index in [4.69, 9.17) is 14.2 Å². The molecule has 0 unspecified atom stereocenters. The largest absolute Gasteiger partial charge is 0.496 e. The Balaban J connectivity index is 1.45.